The quantitative estimate of drug-likeness (QED) is 0.239. The molecule has 2 aromatic carbocycles. The lowest BCUT2D eigenvalue weighted by Crippen LogP contribution is -2.46. The average Bonchev–Trinajstić information content (AvgIpc) is 2.89. The van der Waals surface area contributed by atoms with Crippen molar-refractivity contribution in [2.24, 2.45) is 17.4 Å². The molecule has 0 spiro atoms. The highest BCUT2D eigenvalue weighted by Crippen LogP contribution is 2.24. The normalized spacial score (nSPS) is 13.9. The number of aromatic nitrogens is 2. The van der Waals surface area contributed by atoms with Gasteiger partial charge in [-0.05, 0) is 69.4 Å². The zero-order valence-corrected chi connectivity index (χ0v) is 22.0. The largest absolute Gasteiger partial charge is 0.459 e. The zero-order chi connectivity index (χ0) is 28.6. The maximum atomic E-state index is 13.9. The number of aliphatic hydroxyl groups excluding tert-OH is 1. The van der Waals surface area contributed by atoms with Gasteiger partial charge in [-0.25, -0.2) is 9.37 Å². The van der Waals surface area contributed by atoms with Crippen molar-refractivity contribution < 1.29 is 28.6 Å². The number of rotatable bonds is 13. The van der Waals surface area contributed by atoms with Crippen molar-refractivity contribution in [3.05, 3.63) is 71.8 Å². The van der Waals surface area contributed by atoms with Crippen LogP contribution in [-0.4, -0.2) is 57.1 Å². The molecule has 2 amide bonds. The Bertz CT molecular complexity index is 1320. The highest BCUT2D eigenvalue weighted by atomic mass is 19.1. The van der Waals surface area contributed by atoms with Gasteiger partial charge in [0.05, 0.1) is 35.9 Å². The van der Waals surface area contributed by atoms with Gasteiger partial charge < -0.3 is 26.6 Å². The average molecular weight is 540 g/mol. The molecule has 11 heteroatoms. The topological polar surface area (TPSA) is 171 Å². The highest BCUT2D eigenvalue weighted by molar-refractivity contribution is 5.94. The van der Waals surface area contributed by atoms with Gasteiger partial charge in [0.1, 0.15) is 17.1 Å². The lowest BCUT2D eigenvalue weighted by molar-refractivity contribution is -0.155. The molecule has 0 aliphatic heterocycles. The molecule has 3 rings (SSSR count). The van der Waals surface area contributed by atoms with Crippen LogP contribution in [-0.2, 0) is 20.7 Å². The number of nitrogens with zero attached hydrogens (tertiary/aromatic N) is 2. The number of nitrogens with one attached hydrogen (secondary N) is 1. The number of amides is 2. The molecular weight excluding hydrogens is 505 g/mol. The van der Waals surface area contributed by atoms with Crippen LogP contribution in [0.4, 0.5) is 4.39 Å². The summed E-state index contributed by atoms with van der Waals surface area (Å²) in [5, 5.41) is 14.0. The lowest BCUT2D eigenvalue weighted by Gasteiger charge is -2.29. The first-order valence-electron chi connectivity index (χ1n) is 12.6. The SMILES string of the molecule is CC(C)(CC[C@H](C[C@H](O)[C@H](Cc1cccc(F)c1)NC(=O)c1cnc2ccccc2n1)C(N)=O)OC(=O)CN. The van der Waals surface area contributed by atoms with E-state index in [4.69, 9.17) is 16.2 Å². The molecule has 1 aromatic heterocycles. The third-order valence-corrected chi connectivity index (χ3v) is 6.39. The van der Waals surface area contributed by atoms with Crippen molar-refractivity contribution in [3.63, 3.8) is 0 Å². The fourth-order valence-corrected chi connectivity index (χ4v) is 4.26. The number of halogens is 1. The van der Waals surface area contributed by atoms with Gasteiger partial charge in [-0.1, -0.05) is 24.3 Å². The number of aliphatic hydroxyl groups is 1. The Hall–Kier alpha value is -3.96. The van der Waals surface area contributed by atoms with Crippen LogP contribution in [0.1, 0.15) is 49.2 Å². The Morgan fingerprint density at radius 1 is 1.13 bits per heavy atom. The van der Waals surface area contributed by atoms with E-state index in [-0.39, 0.29) is 37.9 Å². The van der Waals surface area contributed by atoms with Gasteiger partial charge in [0.15, 0.2) is 0 Å². The van der Waals surface area contributed by atoms with Crippen molar-refractivity contribution in [2.45, 2.75) is 57.3 Å². The minimum atomic E-state index is -1.22. The second kappa shape index (κ2) is 13.2. The van der Waals surface area contributed by atoms with Gasteiger partial charge in [0, 0.05) is 5.92 Å². The third kappa shape index (κ3) is 8.79. The molecule has 6 N–H and O–H groups in total. The first kappa shape index (κ1) is 29.6. The third-order valence-electron chi connectivity index (χ3n) is 6.39. The standard InChI is InChI=1S/C28H34FN5O5/c1-28(2,39-25(36)15-30)11-10-18(26(31)37)14-24(35)22(13-17-6-5-7-19(29)12-17)34-27(38)23-16-32-20-8-3-4-9-21(20)33-23/h3-9,12,16,18,22,24,35H,10-11,13-15,30H2,1-2H3,(H2,31,37)(H,34,38)/t18-,22+,24+/m1/s1. The summed E-state index contributed by atoms with van der Waals surface area (Å²) in [4.78, 5) is 45.6. The second-order valence-corrected chi connectivity index (χ2v) is 10.0. The summed E-state index contributed by atoms with van der Waals surface area (Å²) < 4.78 is 19.2. The molecule has 0 unspecified atom stereocenters. The molecule has 0 radical (unpaired) electrons. The molecule has 0 saturated carbocycles. The van der Waals surface area contributed by atoms with Gasteiger partial charge in [-0.15, -0.1) is 0 Å². The number of hydrogen-bond donors (Lipinski definition) is 4. The Kier molecular flexibility index (Phi) is 10.0. The van der Waals surface area contributed by atoms with Gasteiger partial charge in [0.2, 0.25) is 5.91 Å². The summed E-state index contributed by atoms with van der Waals surface area (Å²) in [6.07, 6.45) is 0.607. The molecular formula is C28H34FN5O5. The minimum Gasteiger partial charge on any atom is -0.459 e. The van der Waals surface area contributed by atoms with Crippen molar-refractivity contribution in [3.8, 4) is 0 Å². The van der Waals surface area contributed by atoms with Crippen molar-refractivity contribution in [1.29, 1.82) is 0 Å². The van der Waals surface area contributed by atoms with Gasteiger partial charge in [-0.2, -0.15) is 0 Å². The molecule has 208 valence electrons. The van der Waals surface area contributed by atoms with Crippen LogP contribution < -0.4 is 16.8 Å². The Morgan fingerprint density at radius 2 is 1.85 bits per heavy atom. The Labute approximate surface area is 226 Å². The second-order valence-electron chi connectivity index (χ2n) is 10.0. The number of primary amides is 1. The fourth-order valence-electron chi connectivity index (χ4n) is 4.26. The summed E-state index contributed by atoms with van der Waals surface area (Å²) in [6, 6.07) is 12.0. The minimum absolute atomic E-state index is 0.0417. The maximum Gasteiger partial charge on any atom is 0.320 e. The number of benzene rings is 2. The van der Waals surface area contributed by atoms with E-state index in [1.54, 1.807) is 44.2 Å². The van der Waals surface area contributed by atoms with Gasteiger partial charge in [-0.3, -0.25) is 19.4 Å². The number of nitrogens with two attached hydrogens (primary N) is 2. The number of esters is 1. The first-order chi connectivity index (χ1) is 18.5. The van der Waals surface area contributed by atoms with E-state index in [1.807, 2.05) is 0 Å². The van der Waals surface area contributed by atoms with Crippen LogP contribution in [0.5, 0.6) is 0 Å². The van der Waals surface area contributed by atoms with E-state index in [2.05, 4.69) is 15.3 Å². The van der Waals surface area contributed by atoms with Gasteiger partial charge >= 0.3 is 5.97 Å². The lowest BCUT2D eigenvalue weighted by atomic mass is 9.87. The monoisotopic (exact) mass is 539 g/mol. The number of carbonyl (C=O) groups is 3. The van der Waals surface area contributed by atoms with Crippen LogP contribution >= 0.6 is 0 Å². The van der Waals surface area contributed by atoms with Crippen molar-refractivity contribution in [1.82, 2.24) is 15.3 Å². The van der Waals surface area contributed by atoms with E-state index in [1.165, 1.54) is 24.4 Å². The van der Waals surface area contributed by atoms with Crippen LogP contribution in [0.15, 0.2) is 54.7 Å². The van der Waals surface area contributed by atoms with Crippen LogP contribution in [0.25, 0.3) is 11.0 Å². The van der Waals surface area contributed by atoms with Crippen molar-refractivity contribution in [2.75, 3.05) is 6.54 Å². The predicted molar refractivity (Wildman–Crippen MR) is 143 cm³/mol. The maximum absolute atomic E-state index is 13.9. The molecule has 0 saturated heterocycles. The molecule has 0 aliphatic carbocycles. The highest BCUT2D eigenvalue weighted by Gasteiger charge is 2.31. The van der Waals surface area contributed by atoms with E-state index in [0.29, 0.717) is 16.6 Å². The van der Waals surface area contributed by atoms with E-state index < -0.39 is 47.3 Å². The number of para-hydroxylation sites is 2. The summed E-state index contributed by atoms with van der Waals surface area (Å²) in [7, 11) is 0. The Balaban J connectivity index is 1.78. The molecule has 10 nitrogen and oxygen atoms in total. The molecule has 3 atom stereocenters. The first-order valence-corrected chi connectivity index (χ1v) is 12.6. The van der Waals surface area contributed by atoms with E-state index >= 15 is 0 Å². The van der Waals surface area contributed by atoms with Crippen LogP contribution in [0.3, 0.4) is 0 Å². The predicted octanol–water partition coefficient (Wildman–Crippen LogP) is 2.02. The fraction of sp³-hybridized carbons (Fsp3) is 0.393. The zero-order valence-electron chi connectivity index (χ0n) is 22.0. The summed E-state index contributed by atoms with van der Waals surface area (Å²) in [6.45, 7) is 3.10. The van der Waals surface area contributed by atoms with Crippen molar-refractivity contribution >= 4 is 28.8 Å². The molecule has 39 heavy (non-hydrogen) atoms. The number of ether oxygens (including phenoxy) is 1. The smallest absolute Gasteiger partial charge is 0.320 e. The number of carbonyl (C=O) groups excluding carboxylic acids is 3. The van der Waals surface area contributed by atoms with Crippen LogP contribution in [0, 0.1) is 11.7 Å². The summed E-state index contributed by atoms with van der Waals surface area (Å²) >= 11 is 0. The molecule has 0 fully saturated rings. The number of fused-ring (bicyclic) bond motifs is 1. The Morgan fingerprint density at radius 3 is 2.51 bits per heavy atom. The van der Waals surface area contributed by atoms with Gasteiger partial charge in [0.25, 0.3) is 5.91 Å². The van der Waals surface area contributed by atoms with E-state index in [0.717, 1.165) is 0 Å². The summed E-state index contributed by atoms with van der Waals surface area (Å²) in [5.41, 5.74) is 11.8. The number of hydrogen-bond acceptors (Lipinski definition) is 8. The molecule has 0 bridgehead atoms. The van der Waals surface area contributed by atoms with E-state index in [9.17, 15) is 23.9 Å². The molecule has 1 heterocycles. The molecule has 3 aromatic rings. The van der Waals surface area contributed by atoms with Crippen LogP contribution in [0.2, 0.25) is 0 Å². The summed E-state index contributed by atoms with van der Waals surface area (Å²) in [5.74, 6) is -3.06. The molecule has 0 aliphatic rings.